The van der Waals surface area contributed by atoms with Gasteiger partial charge in [-0.3, -0.25) is 4.79 Å². The van der Waals surface area contributed by atoms with E-state index in [0.29, 0.717) is 39.4 Å². The van der Waals surface area contributed by atoms with Crippen LogP contribution in [0.3, 0.4) is 0 Å². The van der Waals surface area contributed by atoms with Gasteiger partial charge in [0, 0.05) is 31.9 Å². The van der Waals surface area contributed by atoms with Crippen LogP contribution >= 0.6 is 0 Å². The topological polar surface area (TPSA) is 87.6 Å². The summed E-state index contributed by atoms with van der Waals surface area (Å²) in [6, 6.07) is 0. The number of carbonyl (C=O) groups excluding carboxylic acids is 1. The summed E-state index contributed by atoms with van der Waals surface area (Å²) in [5.41, 5.74) is 10.9. The van der Waals surface area contributed by atoms with Crippen molar-refractivity contribution in [3.63, 3.8) is 0 Å². The van der Waals surface area contributed by atoms with Crippen molar-refractivity contribution in [3.05, 3.63) is 0 Å². The first-order valence-corrected chi connectivity index (χ1v) is 14.8. The van der Waals surface area contributed by atoms with Gasteiger partial charge in [-0.1, -0.05) is 102 Å². The molecule has 208 valence electrons. The molecular formula is C31H56N2O3. The zero-order valence-electron chi connectivity index (χ0n) is 23.4. The molecule has 1 atom stereocenters. The Hall–Kier alpha value is -1.53. The van der Waals surface area contributed by atoms with Gasteiger partial charge in [0.2, 0.25) is 5.91 Å². The largest absolute Gasteiger partial charge is 0.379 e. The zero-order valence-corrected chi connectivity index (χ0v) is 23.4. The summed E-state index contributed by atoms with van der Waals surface area (Å²) >= 11 is 0. The van der Waals surface area contributed by atoms with Crippen LogP contribution in [-0.2, 0) is 14.3 Å². The van der Waals surface area contributed by atoms with Crippen molar-refractivity contribution in [2.75, 3.05) is 33.0 Å². The molecule has 0 aromatic rings. The Labute approximate surface area is 223 Å². The average Bonchev–Trinajstić information content (AvgIpc) is 2.87. The van der Waals surface area contributed by atoms with Crippen LogP contribution in [0.2, 0.25) is 0 Å². The van der Waals surface area contributed by atoms with Gasteiger partial charge in [0.1, 0.15) is 0 Å². The number of carbonyl (C=O) groups is 1. The number of amides is 1. The highest BCUT2D eigenvalue weighted by Gasteiger charge is 2.14. The van der Waals surface area contributed by atoms with E-state index < -0.39 is 0 Å². The summed E-state index contributed by atoms with van der Waals surface area (Å²) in [5.74, 6) is 12.1. The van der Waals surface area contributed by atoms with Crippen LogP contribution in [0.4, 0.5) is 0 Å². The van der Waals surface area contributed by atoms with Crippen LogP contribution in [0, 0.1) is 29.6 Å². The van der Waals surface area contributed by atoms with Gasteiger partial charge in [-0.05, 0) is 37.5 Å². The number of unbranched alkanes of at least 4 members (excludes halogenated alkanes) is 15. The summed E-state index contributed by atoms with van der Waals surface area (Å²) in [7, 11) is 0. The smallest absolute Gasteiger partial charge is 0.220 e. The molecule has 0 saturated carbocycles. The third kappa shape index (κ3) is 27.1. The van der Waals surface area contributed by atoms with Crippen LogP contribution in [0.15, 0.2) is 0 Å². The van der Waals surface area contributed by atoms with E-state index in [1.54, 1.807) is 0 Å². The fraction of sp³-hybridized carbons (Fsp3) is 0.839. The molecule has 0 rings (SSSR count). The monoisotopic (exact) mass is 504 g/mol. The molecule has 0 aromatic heterocycles. The Morgan fingerprint density at radius 3 is 1.61 bits per heavy atom. The summed E-state index contributed by atoms with van der Waals surface area (Å²) in [6.45, 7) is 4.95. The van der Waals surface area contributed by atoms with E-state index >= 15 is 0 Å². The predicted octanol–water partition coefficient (Wildman–Crippen LogP) is 6.52. The predicted molar refractivity (Wildman–Crippen MR) is 152 cm³/mol. The molecule has 1 amide bonds. The number of rotatable bonds is 26. The van der Waals surface area contributed by atoms with Crippen molar-refractivity contribution >= 4 is 5.91 Å². The maximum absolute atomic E-state index is 11.6. The Bertz CT molecular complexity index is 600. The van der Waals surface area contributed by atoms with Crippen molar-refractivity contribution < 1.29 is 14.3 Å². The summed E-state index contributed by atoms with van der Waals surface area (Å²) < 4.78 is 10.8. The molecule has 0 radical (unpaired) electrons. The Morgan fingerprint density at radius 1 is 0.639 bits per heavy atom. The maximum atomic E-state index is 11.6. The van der Waals surface area contributed by atoms with Crippen molar-refractivity contribution in [2.45, 2.75) is 129 Å². The van der Waals surface area contributed by atoms with Crippen molar-refractivity contribution in [2.24, 2.45) is 17.4 Å². The standard InChI is InChI=1S/C31H56N2O3/c1-2-3-4-5-6-7-8-9-10-11-12-13-14-15-16-17-18-19-20-21-22-23-30(31(33)34)24-26-35-28-29-36-27-25-32/h30H,2-12,17-29,32H2,1H3,(H2,33,34). The van der Waals surface area contributed by atoms with Gasteiger partial charge in [0.05, 0.1) is 19.8 Å². The van der Waals surface area contributed by atoms with Gasteiger partial charge < -0.3 is 20.9 Å². The quantitative estimate of drug-likeness (QED) is 0.104. The lowest BCUT2D eigenvalue weighted by Crippen LogP contribution is -2.24. The first-order valence-electron chi connectivity index (χ1n) is 14.8. The molecule has 0 aliphatic rings. The second kappa shape index (κ2) is 29.7. The fourth-order valence-corrected chi connectivity index (χ4v) is 4.11. The Morgan fingerprint density at radius 2 is 1.11 bits per heavy atom. The van der Waals surface area contributed by atoms with E-state index in [4.69, 9.17) is 20.9 Å². The molecule has 0 saturated heterocycles. The molecule has 0 aliphatic carbocycles. The van der Waals surface area contributed by atoms with E-state index in [9.17, 15) is 4.79 Å². The molecule has 0 heterocycles. The van der Waals surface area contributed by atoms with Gasteiger partial charge >= 0.3 is 0 Å². The van der Waals surface area contributed by atoms with Gasteiger partial charge in [-0.15, -0.1) is 0 Å². The molecule has 0 fully saturated rings. The summed E-state index contributed by atoms with van der Waals surface area (Å²) in [4.78, 5) is 11.6. The van der Waals surface area contributed by atoms with E-state index in [-0.39, 0.29) is 11.8 Å². The number of primary amides is 1. The van der Waals surface area contributed by atoms with Crippen LogP contribution < -0.4 is 11.5 Å². The zero-order chi connectivity index (χ0) is 26.4. The SMILES string of the molecule is CCCCCCCCCCCCC#CC#CCCCCCCCC(CCOCCOCCN)C(N)=O. The molecule has 5 nitrogen and oxygen atoms in total. The molecule has 4 N–H and O–H groups in total. The van der Waals surface area contributed by atoms with Crippen molar-refractivity contribution in [3.8, 4) is 23.7 Å². The van der Waals surface area contributed by atoms with Crippen LogP contribution in [0.5, 0.6) is 0 Å². The second-order valence-corrected chi connectivity index (χ2v) is 9.74. The Kier molecular flexibility index (Phi) is 28.4. The molecule has 0 aliphatic heterocycles. The van der Waals surface area contributed by atoms with Gasteiger partial charge in [0.25, 0.3) is 0 Å². The average molecular weight is 505 g/mol. The van der Waals surface area contributed by atoms with E-state index in [0.717, 1.165) is 38.5 Å². The summed E-state index contributed by atoms with van der Waals surface area (Å²) in [6.07, 6.45) is 22.7. The van der Waals surface area contributed by atoms with Crippen LogP contribution in [0.1, 0.15) is 129 Å². The molecule has 0 spiro atoms. The second-order valence-electron chi connectivity index (χ2n) is 9.74. The lowest BCUT2D eigenvalue weighted by atomic mass is 9.97. The minimum Gasteiger partial charge on any atom is -0.379 e. The lowest BCUT2D eigenvalue weighted by Gasteiger charge is -2.13. The van der Waals surface area contributed by atoms with E-state index in [1.807, 2.05) is 0 Å². The molecule has 0 bridgehead atoms. The van der Waals surface area contributed by atoms with Gasteiger partial charge in [-0.2, -0.15) is 0 Å². The lowest BCUT2D eigenvalue weighted by molar-refractivity contribution is -0.122. The number of hydrogen-bond acceptors (Lipinski definition) is 4. The van der Waals surface area contributed by atoms with Crippen LogP contribution in [0.25, 0.3) is 0 Å². The van der Waals surface area contributed by atoms with Crippen molar-refractivity contribution in [1.29, 1.82) is 0 Å². The Balaban J connectivity index is 3.51. The highest BCUT2D eigenvalue weighted by atomic mass is 16.5. The molecule has 1 unspecified atom stereocenters. The maximum Gasteiger partial charge on any atom is 0.220 e. The highest BCUT2D eigenvalue weighted by molar-refractivity contribution is 5.76. The van der Waals surface area contributed by atoms with E-state index in [1.165, 1.54) is 77.0 Å². The molecular weight excluding hydrogens is 448 g/mol. The van der Waals surface area contributed by atoms with Crippen molar-refractivity contribution in [1.82, 2.24) is 0 Å². The van der Waals surface area contributed by atoms with E-state index in [2.05, 4.69) is 30.6 Å². The molecule has 36 heavy (non-hydrogen) atoms. The minimum absolute atomic E-state index is 0.0975. The van der Waals surface area contributed by atoms with Gasteiger partial charge in [-0.25, -0.2) is 0 Å². The normalized spacial score (nSPS) is 11.4. The summed E-state index contributed by atoms with van der Waals surface area (Å²) in [5, 5.41) is 0. The number of nitrogens with two attached hydrogens (primary N) is 2. The minimum atomic E-state index is -0.220. The molecule has 0 aromatic carbocycles. The van der Waals surface area contributed by atoms with Crippen LogP contribution in [-0.4, -0.2) is 38.9 Å². The first-order chi connectivity index (χ1) is 17.7. The number of hydrogen-bond donors (Lipinski definition) is 2. The highest BCUT2D eigenvalue weighted by Crippen LogP contribution is 2.15. The third-order valence-electron chi connectivity index (χ3n) is 6.40. The fourth-order valence-electron chi connectivity index (χ4n) is 4.11. The first kappa shape index (κ1) is 34.5. The number of ether oxygens (including phenoxy) is 2. The van der Waals surface area contributed by atoms with Gasteiger partial charge in [0.15, 0.2) is 0 Å². The third-order valence-corrected chi connectivity index (χ3v) is 6.40. The molecule has 5 heteroatoms.